The molecule has 0 bridgehead atoms. The third-order valence-corrected chi connectivity index (χ3v) is 6.92. The summed E-state index contributed by atoms with van der Waals surface area (Å²) in [5, 5.41) is 0. The van der Waals surface area contributed by atoms with E-state index in [1.54, 1.807) is 60.8 Å². The van der Waals surface area contributed by atoms with E-state index in [-0.39, 0.29) is 23.6 Å². The highest BCUT2D eigenvalue weighted by atomic mass is 32.2. The summed E-state index contributed by atoms with van der Waals surface area (Å²) in [6.45, 7) is 2.15. The van der Waals surface area contributed by atoms with Crippen LogP contribution in [-0.4, -0.2) is 25.7 Å². The molecule has 0 amide bonds. The molecule has 1 unspecified atom stereocenters. The van der Waals surface area contributed by atoms with Crippen LogP contribution in [0.2, 0.25) is 0 Å². The Morgan fingerprint density at radius 3 is 2.39 bits per heavy atom. The molecule has 2 heterocycles. The molecule has 0 saturated heterocycles. The molecule has 142 valence electrons. The van der Waals surface area contributed by atoms with E-state index in [2.05, 4.69) is 4.98 Å². The zero-order valence-corrected chi connectivity index (χ0v) is 16.3. The third-order valence-electron chi connectivity index (χ3n) is 5.15. The molecule has 0 N–H and O–H groups in total. The lowest BCUT2D eigenvalue weighted by Crippen LogP contribution is -2.36. The minimum Gasteiger partial charge on any atom is -0.292 e. The molecule has 0 radical (unpaired) electrons. The Kier molecular flexibility index (Phi) is 4.51. The summed E-state index contributed by atoms with van der Waals surface area (Å²) in [6.07, 6.45) is 1.77. The number of hydrogen-bond acceptors (Lipinski definition) is 4. The molecule has 1 aromatic heterocycles. The average Bonchev–Trinajstić information content (AvgIpc) is 3.03. The maximum absolute atomic E-state index is 13.3. The van der Waals surface area contributed by atoms with Gasteiger partial charge in [-0.2, -0.15) is 0 Å². The van der Waals surface area contributed by atoms with Crippen LogP contribution in [0.1, 0.15) is 29.4 Å². The Morgan fingerprint density at radius 2 is 1.68 bits per heavy atom. The highest BCUT2D eigenvalue weighted by Crippen LogP contribution is 2.45. The number of Topliss-reactive ketones (excluding diaryl/α,β-unsaturated/α-hetero) is 1. The quantitative estimate of drug-likeness (QED) is 0.619. The molecule has 5 nitrogen and oxygen atoms in total. The number of sulfonamides is 1. The Balaban J connectivity index is 1.73. The number of pyridine rings is 1. The van der Waals surface area contributed by atoms with Crippen molar-refractivity contribution >= 4 is 21.5 Å². The highest BCUT2D eigenvalue weighted by molar-refractivity contribution is 7.92. The first-order chi connectivity index (χ1) is 13.4. The van der Waals surface area contributed by atoms with E-state index in [0.717, 1.165) is 5.56 Å². The van der Waals surface area contributed by atoms with E-state index < -0.39 is 15.4 Å². The van der Waals surface area contributed by atoms with Crippen LogP contribution in [0.3, 0.4) is 0 Å². The van der Waals surface area contributed by atoms with Crippen LogP contribution in [0, 0.1) is 0 Å². The van der Waals surface area contributed by atoms with Crippen LogP contribution in [-0.2, 0) is 15.4 Å². The predicted octanol–water partition coefficient (Wildman–Crippen LogP) is 3.82. The van der Waals surface area contributed by atoms with Gasteiger partial charge in [-0.15, -0.1) is 0 Å². The molecule has 1 aliphatic heterocycles. The number of anilines is 1. The van der Waals surface area contributed by atoms with Crippen LogP contribution in [0.5, 0.6) is 0 Å². The zero-order valence-electron chi connectivity index (χ0n) is 15.4. The van der Waals surface area contributed by atoms with Gasteiger partial charge in [-0.1, -0.05) is 49.4 Å². The molecule has 6 heteroatoms. The summed E-state index contributed by atoms with van der Waals surface area (Å²) in [6, 6.07) is 21.0. The van der Waals surface area contributed by atoms with Gasteiger partial charge in [-0.3, -0.25) is 14.1 Å². The predicted molar refractivity (Wildman–Crippen MR) is 108 cm³/mol. The van der Waals surface area contributed by atoms with Crippen LogP contribution in [0.15, 0.2) is 83.9 Å². The van der Waals surface area contributed by atoms with Crippen LogP contribution < -0.4 is 4.31 Å². The van der Waals surface area contributed by atoms with E-state index in [4.69, 9.17) is 0 Å². The van der Waals surface area contributed by atoms with E-state index in [0.29, 0.717) is 11.4 Å². The summed E-state index contributed by atoms with van der Waals surface area (Å²) < 4.78 is 28.0. The van der Waals surface area contributed by atoms with Gasteiger partial charge in [0.25, 0.3) is 10.0 Å². The van der Waals surface area contributed by atoms with Crippen molar-refractivity contribution in [2.75, 3.05) is 10.8 Å². The van der Waals surface area contributed by atoms with Crippen LogP contribution in [0.4, 0.5) is 5.69 Å². The Hall–Kier alpha value is -2.99. The number of benzene rings is 2. The van der Waals surface area contributed by atoms with Gasteiger partial charge in [-0.05, 0) is 35.9 Å². The standard InChI is InChI=1S/C22H20N2O3S/c1-22(15-21(25)19-12-7-8-14-23-19)16-24(20-13-6-5-11-18(20)22)28(26,27)17-9-3-2-4-10-17/h2-14H,15-16H2,1H3. The van der Waals surface area contributed by atoms with Crippen molar-refractivity contribution in [2.24, 2.45) is 0 Å². The number of ketones is 1. The van der Waals surface area contributed by atoms with E-state index in [1.807, 2.05) is 25.1 Å². The maximum atomic E-state index is 13.3. The van der Waals surface area contributed by atoms with Crippen molar-refractivity contribution in [3.63, 3.8) is 0 Å². The minimum atomic E-state index is -3.72. The SMILES string of the molecule is CC1(CC(=O)c2ccccn2)CN(S(=O)(=O)c2ccccc2)c2ccccc21. The van der Waals surface area contributed by atoms with Crippen molar-refractivity contribution in [3.05, 3.63) is 90.3 Å². The fourth-order valence-corrected chi connectivity index (χ4v) is 5.38. The number of nitrogens with zero attached hydrogens (tertiary/aromatic N) is 2. The van der Waals surface area contributed by atoms with E-state index in [1.165, 1.54) is 4.31 Å². The Labute approximate surface area is 164 Å². The molecule has 4 rings (SSSR count). The molecular formula is C22H20N2O3S. The summed E-state index contributed by atoms with van der Waals surface area (Å²) in [4.78, 5) is 17.2. The fourth-order valence-electron chi connectivity index (χ4n) is 3.75. The van der Waals surface area contributed by atoms with Crippen molar-refractivity contribution in [3.8, 4) is 0 Å². The number of aromatic nitrogens is 1. The topological polar surface area (TPSA) is 67.3 Å². The first kappa shape index (κ1) is 18.4. The second-order valence-corrected chi connectivity index (χ2v) is 9.08. The van der Waals surface area contributed by atoms with E-state index in [9.17, 15) is 13.2 Å². The number of carbonyl (C=O) groups is 1. The number of rotatable bonds is 5. The van der Waals surface area contributed by atoms with Gasteiger partial charge in [-0.25, -0.2) is 8.42 Å². The molecular weight excluding hydrogens is 372 g/mol. The lowest BCUT2D eigenvalue weighted by atomic mass is 9.79. The lowest BCUT2D eigenvalue weighted by molar-refractivity contribution is 0.0952. The minimum absolute atomic E-state index is 0.100. The van der Waals surface area contributed by atoms with Gasteiger partial charge in [0, 0.05) is 24.6 Å². The molecule has 0 spiro atoms. The van der Waals surface area contributed by atoms with Gasteiger partial charge in [0.15, 0.2) is 5.78 Å². The second kappa shape index (κ2) is 6.87. The summed E-state index contributed by atoms with van der Waals surface area (Å²) in [5.41, 5.74) is 1.25. The van der Waals surface area contributed by atoms with Gasteiger partial charge in [0.2, 0.25) is 0 Å². The molecule has 2 aromatic carbocycles. The molecule has 0 fully saturated rings. The second-order valence-electron chi connectivity index (χ2n) is 7.22. The van der Waals surface area contributed by atoms with Gasteiger partial charge in [0.05, 0.1) is 10.6 Å². The number of para-hydroxylation sites is 1. The molecule has 3 aromatic rings. The lowest BCUT2D eigenvalue weighted by Gasteiger charge is -2.25. The first-order valence-electron chi connectivity index (χ1n) is 9.03. The first-order valence-corrected chi connectivity index (χ1v) is 10.5. The molecule has 1 aliphatic rings. The molecule has 1 atom stereocenters. The average molecular weight is 392 g/mol. The maximum Gasteiger partial charge on any atom is 0.264 e. The third kappa shape index (κ3) is 3.10. The summed E-state index contributed by atoms with van der Waals surface area (Å²) in [7, 11) is -3.72. The van der Waals surface area contributed by atoms with Gasteiger partial charge >= 0.3 is 0 Å². The highest BCUT2D eigenvalue weighted by Gasteiger charge is 2.45. The fraction of sp³-hybridized carbons (Fsp3) is 0.182. The smallest absolute Gasteiger partial charge is 0.264 e. The number of carbonyl (C=O) groups excluding carboxylic acids is 1. The van der Waals surface area contributed by atoms with Crippen molar-refractivity contribution in [1.29, 1.82) is 0 Å². The van der Waals surface area contributed by atoms with E-state index >= 15 is 0 Å². The normalized spacial score (nSPS) is 18.7. The Bertz CT molecular complexity index is 1110. The molecule has 0 saturated carbocycles. The van der Waals surface area contributed by atoms with Crippen molar-refractivity contribution in [2.45, 2.75) is 23.7 Å². The van der Waals surface area contributed by atoms with Gasteiger partial charge < -0.3 is 0 Å². The summed E-state index contributed by atoms with van der Waals surface area (Å²) >= 11 is 0. The monoisotopic (exact) mass is 392 g/mol. The summed E-state index contributed by atoms with van der Waals surface area (Å²) in [5.74, 6) is -0.100. The van der Waals surface area contributed by atoms with Crippen LogP contribution in [0.25, 0.3) is 0 Å². The number of fused-ring (bicyclic) bond motifs is 1. The van der Waals surface area contributed by atoms with Crippen molar-refractivity contribution in [1.82, 2.24) is 4.98 Å². The van der Waals surface area contributed by atoms with Crippen LogP contribution >= 0.6 is 0 Å². The zero-order chi connectivity index (χ0) is 19.8. The molecule has 0 aliphatic carbocycles. The Morgan fingerprint density at radius 1 is 1.00 bits per heavy atom. The van der Waals surface area contributed by atoms with Gasteiger partial charge in [0.1, 0.15) is 5.69 Å². The largest absolute Gasteiger partial charge is 0.292 e. The number of hydrogen-bond donors (Lipinski definition) is 0. The van der Waals surface area contributed by atoms with Crippen molar-refractivity contribution < 1.29 is 13.2 Å². The molecule has 28 heavy (non-hydrogen) atoms.